The van der Waals surface area contributed by atoms with Gasteiger partial charge in [-0.25, -0.2) is 4.79 Å². The van der Waals surface area contributed by atoms with Gasteiger partial charge < -0.3 is 10.6 Å². The van der Waals surface area contributed by atoms with Crippen LogP contribution >= 0.6 is 15.9 Å². The minimum absolute atomic E-state index is 0.0176. The Morgan fingerprint density at radius 2 is 1.31 bits per heavy atom. The summed E-state index contributed by atoms with van der Waals surface area (Å²) in [7, 11) is 0. The predicted octanol–water partition coefficient (Wildman–Crippen LogP) is 8.74. The summed E-state index contributed by atoms with van der Waals surface area (Å²) in [4.78, 5) is 22.3. The summed E-state index contributed by atoms with van der Waals surface area (Å²) in [5.41, 5.74) is 0.496. The van der Waals surface area contributed by atoms with E-state index in [9.17, 15) is 14.9 Å². The molecule has 6 nitrogen and oxygen atoms in total. The SMILES string of the molecule is CCCCCCCCCCCCCCCCCCNC(=O)Nc1ccc([N+](=O)[O-])cc1Br. The number of nitro groups is 1. The zero-order valence-corrected chi connectivity index (χ0v) is 21.4. The Labute approximate surface area is 202 Å². The van der Waals surface area contributed by atoms with E-state index in [4.69, 9.17) is 0 Å². The van der Waals surface area contributed by atoms with Crippen LogP contribution in [0.2, 0.25) is 0 Å². The maximum absolute atomic E-state index is 12.0. The van der Waals surface area contributed by atoms with Crippen LogP contribution in [0.1, 0.15) is 110 Å². The number of carbonyl (C=O) groups excluding carboxylic acids is 1. The van der Waals surface area contributed by atoms with Crippen LogP contribution in [-0.4, -0.2) is 17.5 Å². The number of non-ortho nitro benzene ring substituents is 1. The first-order valence-corrected chi connectivity index (χ1v) is 13.3. The Balaban J connectivity index is 1.90. The van der Waals surface area contributed by atoms with Gasteiger partial charge in [0.2, 0.25) is 0 Å². The van der Waals surface area contributed by atoms with E-state index >= 15 is 0 Å². The monoisotopic (exact) mass is 511 g/mol. The molecular formula is C25H42BrN3O3. The van der Waals surface area contributed by atoms with Gasteiger partial charge in [-0.05, 0) is 28.4 Å². The smallest absolute Gasteiger partial charge is 0.319 e. The molecule has 0 aliphatic carbocycles. The van der Waals surface area contributed by atoms with Gasteiger partial charge in [0.15, 0.2) is 0 Å². The molecule has 0 saturated carbocycles. The van der Waals surface area contributed by atoms with Crippen molar-refractivity contribution < 1.29 is 9.72 Å². The van der Waals surface area contributed by atoms with Crippen LogP contribution in [0.4, 0.5) is 16.2 Å². The molecule has 0 atom stereocenters. The average molecular weight is 513 g/mol. The van der Waals surface area contributed by atoms with Gasteiger partial charge in [-0.2, -0.15) is 0 Å². The molecule has 0 aliphatic heterocycles. The zero-order valence-electron chi connectivity index (χ0n) is 19.8. The number of nitro benzene ring substituents is 1. The van der Waals surface area contributed by atoms with Gasteiger partial charge in [0.05, 0.1) is 10.6 Å². The van der Waals surface area contributed by atoms with Crippen LogP contribution in [-0.2, 0) is 0 Å². The Hall–Kier alpha value is -1.63. The van der Waals surface area contributed by atoms with Crippen molar-refractivity contribution in [2.24, 2.45) is 0 Å². The fraction of sp³-hybridized carbons (Fsp3) is 0.720. The Morgan fingerprint density at radius 3 is 1.75 bits per heavy atom. The molecule has 0 fully saturated rings. The minimum Gasteiger partial charge on any atom is -0.338 e. The van der Waals surface area contributed by atoms with Gasteiger partial charge in [-0.1, -0.05) is 103 Å². The summed E-state index contributed by atoms with van der Waals surface area (Å²) < 4.78 is 0.490. The average Bonchev–Trinajstić information content (AvgIpc) is 2.77. The molecule has 0 saturated heterocycles. The highest BCUT2D eigenvalue weighted by atomic mass is 79.9. The Bertz CT molecular complexity index is 655. The van der Waals surface area contributed by atoms with Crippen molar-refractivity contribution in [3.05, 3.63) is 32.8 Å². The van der Waals surface area contributed by atoms with Crippen LogP contribution in [0.3, 0.4) is 0 Å². The van der Waals surface area contributed by atoms with Gasteiger partial charge in [-0.3, -0.25) is 10.1 Å². The maximum atomic E-state index is 12.0. The predicted molar refractivity (Wildman–Crippen MR) is 137 cm³/mol. The zero-order chi connectivity index (χ0) is 23.4. The second-order valence-corrected chi connectivity index (χ2v) is 9.46. The summed E-state index contributed by atoms with van der Waals surface area (Å²) >= 11 is 3.25. The highest BCUT2D eigenvalue weighted by Gasteiger charge is 2.10. The lowest BCUT2D eigenvalue weighted by atomic mass is 10.0. The molecule has 1 aromatic carbocycles. The van der Waals surface area contributed by atoms with E-state index in [2.05, 4.69) is 33.5 Å². The number of unbranched alkanes of at least 4 members (excludes halogenated alkanes) is 15. The molecule has 0 aliphatic rings. The summed E-state index contributed by atoms with van der Waals surface area (Å²) in [6.45, 7) is 2.90. The Kier molecular flexibility index (Phi) is 16.8. The fourth-order valence-electron chi connectivity index (χ4n) is 3.76. The largest absolute Gasteiger partial charge is 0.338 e. The number of nitrogens with zero attached hydrogens (tertiary/aromatic N) is 1. The lowest BCUT2D eigenvalue weighted by Crippen LogP contribution is -2.29. The van der Waals surface area contributed by atoms with Crippen molar-refractivity contribution in [2.45, 2.75) is 110 Å². The van der Waals surface area contributed by atoms with Crippen molar-refractivity contribution in [1.82, 2.24) is 5.32 Å². The molecular weight excluding hydrogens is 470 g/mol. The van der Waals surface area contributed by atoms with Crippen molar-refractivity contribution in [1.29, 1.82) is 0 Å². The molecule has 0 aromatic heterocycles. The number of hydrogen-bond donors (Lipinski definition) is 2. The number of urea groups is 1. The first-order valence-electron chi connectivity index (χ1n) is 12.5. The highest BCUT2D eigenvalue weighted by molar-refractivity contribution is 9.10. The fourth-order valence-corrected chi connectivity index (χ4v) is 4.23. The third-order valence-electron chi connectivity index (χ3n) is 5.73. The first-order chi connectivity index (χ1) is 15.5. The van der Waals surface area contributed by atoms with Gasteiger partial charge in [0.1, 0.15) is 0 Å². The van der Waals surface area contributed by atoms with E-state index in [0.29, 0.717) is 16.7 Å². The van der Waals surface area contributed by atoms with Gasteiger partial charge >= 0.3 is 6.03 Å². The first kappa shape index (κ1) is 28.4. The molecule has 7 heteroatoms. The number of hydrogen-bond acceptors (Lipinski definition) is 3. The van der Waals surface area contributed by atoms with Gasteiger partial charge in [-0.15, -0.1) is 0 Å². The molecule has 0 spiro atoms. The number of anilines is 1. The molecule has 0 bridgehead atoms. The molecule has 2 N–H and O–H groups in total. The third kappa shape index (κ3) is 14.4. The second-order valence-electron chi connectivity index (χ2n) is 8.61. The van der Waals surface area contributed by atoms with E-state index in [1.54, 1.807) is 0 Å². The highest BCUT2D eigenvalue weighted by Crippen LogP contribution is 2.27. The molecule has 0 radical (unpaired) electrons. The summed E-state index contributed by atoms with van der Waals surface area (Å²) in [5, 5.41) is 16.3. The number of nitrogens with one attached hydrogen (secondary N) is 2. The van der Waals surface area contributed by atoms with E-state index in [-0.39, 0.29) is 11.7 Å². The lowest BCUT2D eigenvalue weighted by Gasteiger charge is -2.09. The van der Waals surface area contributed by atoms with Crippen LogP contribution in [0.15, 0.2) is 22.7 Å². The Morgan fingerprint density at radius 1 is 0.844 bits per heavy atom. The van der Waals surface area contributed by atoms with Crippen molar-refractivity contribution in [2.75, 3.05) is 11.9 Å². The molecule has 1 rings (SSSR count). The molecule has 32 heavy (non-hydrogen) atoms. The molecule has 2 amide bonds. The van der Waals surface area contributed by atoms with Crippen LogP contribution in [0, 0.1) is 10.1 Å². The third-order valence-corrected chi connectivity index (χ3v) is 6.38. The number of benzene rings is 1. The molecule has 182 valence electrons. The summed E-state index contributed by atoms with van der Waals surface area (Å²) in [6.07, 6.45) is 21.2. The van der Waals surface area contributed by atoms with Crippen molar-refractivity contribution in [3.63, 3.8) is 0 Å². The quantitative estimate of drug-likeness (QED) is 0.110. The van der Waals surface area contributed by atoms with E-state index in [1.165, 1.54) is 108 Å². The van der Waals surface area contributed by atoms with Crippen LogP contribution in [0.5, 0.6) is 0 Å². The van der Waals surface area contributed by atoms with E-state index < -0.39 is 4.92 Å². The van der Waals surface area contributed by atoms with Crippen molar-refractivity contribution in [3.8, 4) is 0 Å². The van der Waals surface area contributed by atoms with Gasteiger partial charge in [0.25, 0.3) is 5.69 Å². The summed E-state index contributed by atoms with van der Waals surface area (Å²) in [5.74, 6) is 0. The van der Waals surface area contributed by atoms with Crippen molar-refractivity contribution >= 4 is 33.3 Å². The minimum atomic E-state index is -0.466. The van der Waals surface area contributed by atoms with E-state index in [1.807, 2.05) is 0 Å². The lowest BCUT2D eigenvalue weighted by molar-refractivity contribution is -0.384. The van der Waals surface area contributed by atoms with Crippen LogP contribution < -0.4 is 10.6 Å². The molecule has 0 unspecified atom stereocenters. The van der Waals surface area contributed by atoms with Crippen LogP contribution in [0.25, 0.3) is 0 Å². The maximum Gasteiger partial charge on any atom is 0.319 e. The second kappa shape index (κ2) is 18.9. The topological polar surface area (TPSA) is 84.3 Å². The number of rotatable bonds is 19. The normalized spacial score (nSPS) is 10.8. The number of halogens is 1. The van der Waals surface area contributed by atoms with E-state index in [0.717, 1.165) is 12.8 Å². The number of amides is 2. The number of carbonyl (C=O) groups is 1. The standard InChI is InChI=1S/C25H42BrN3O3/c1-2-3-4-5-6-7-8-9-10-11-12-13-14-15-16-17-20-27-25(30)28-24-19-18-22(29(31)32)21-23(24)26/h18-19,21H,2-17,20H2,1H3,(H2,27,28,30). The molecule has 1 aromatic rings. The summed E-state index contributed by atoms with van der Waals surface area (Å²) in [6, 6.07) is 3.98. The molecule has 0 heterocycles. The van der Waals surface area contributed by atoms with Gasteiger partial charge in [0, 0.05) is 23.2 Å².